The number of rotatable bonds is 2. The third kappa shape index (κ3) is 2.23. The van der Waals surface area contributed by atoms with Gasteiger partial charge >= 0.3 is 0 Å². The van der Waals surface area contributed by atoms with Gasteiger partial charge in [-0.3, -0.25) is 0 Å². The van der Waals surface area contributed by atoms with E-state index < -0.39 is 19.5 Å². The molecule has 1 fully saturated rings. The summed E-state index contributed by atoms with van der Waals surface area (Å²) in [7, 11) is -3.27. The summed E-state index contributed by atoms with van der Waals surface area (Å²) in [6.45, 7) is 5.11. The summed E-state index contributed by atoms with van der Waals surface area (Å²) in [5, 5.41) is 0. The molecule has 0 aromatic rings. The van der Waals surface area contributed by atoms with Gasteiger partial charge < -0.3 is 4.43 Å². The van der Waals surface area contributed by atoms with Crippen molar-refractivity contribution in [3.05, 3.63) is 0 Å². The van der Waals surface area contributed by atoms with Crippen molar-refractivity contribution in [3.8, 4) is 0 Å². The zero-order valence-electron chi connectivity index (χ0n) is 9.74. The summed E-state index contributed by atoms with van der Waals surface area (Å²) in [5.74, 6) is 0. The first-order valence-corrected chi connectivity index (χ1v) is 7.96. The van der Waals surface area contributed by atoms with E-state index in [0.717, 1.165) is 26.7 Å². The maximum Gasteiger partial charge on any atom is 0.289 e. The van der Waals surface area contributed by atoms with E-state index in [1.807, 2.05) is 0 Å². The van der Waals surface area contributed by atoms with E-state index >= 15 is 0 Å². The molecule has 1 nitrogen and oxygen atoms in total. The summed E-state index contributed by atoms with van der Waals surface area (Å²) in [6.07, 6.45) is 1.35. The van der Waals surface area contributed by atoms with Crippen LogP contribution in [0.15, 0.2) is 0 Å². The first-order chi connectivity index (χ1) is 6.60. The number of halogens is 3. The molecule has 0 bridgehead atoms. The quantitative estimate of drug-likeness (QED) is 0.669. The molecule has 0 N–H and O–H groups in total. The lowest BCUT2D eigenvalue weighted by molar-refractivity contribution is -0.0800. The highest BCUT2D eigenvalue weighted by Gasteiger charge is 2.64. The van der Waals surface area contributed by atoms with Crippen LogP contribution in [0.3, 0.4) is 0 Å². The van der Waals surface area contributed by atoms with Gasteiger partial charge in [0.25, 0.3) is 13.9 Å². The van der Waals surface area contributed by atoms with Gasteiger partial charge in [-0.2, -0.15) is 0 Å². The molecule has 0 radical (unpaired) electrons. The van der Waals surface area contributed by atoms with Crippen molar-refractivity contribution in [3.63, 3.8) is 0 Å². The van der Waals surface area contributed by atoms with Crippen LogP contribution in [0.4, 0.5) is 13.2 Å². The van der Waals surface area contributed by atoms with Gasteiger partial charge in [-0.15, -0.1) is 0 Å². The maximum atomic E-state index is 13.9. The number of alkyl halides is 3. The van der Waals surface area contributed by atoms with Gasteiger partial charge in [-0.1, -0.05) is 6.42 Å². The smallest absolute Gasteiger partial charge is 0.289 e. The molecule has 0 amide bonds. The zero-order chi connectivity index (χ0) is 11.9. The standard InChI is InChI=1S/C10H19F3OSi/c1-8-6-5-7-15(4,14-8)10(12,13)9(2,3)11/h8H,5-7H2,1-4H3. The van der Waals surface area contributed by atoms with Crippen molar-refractivity contribution in [2.24, 2.45) is 0 Å². The van der Waals surface area contributed by atoms with Crippen LogP contribution in [-0.4, -0.2) is 25.6 Å². The van der Waals surface area contributed by atoms with Crippen LogP contribution in [0, 0.1) is 0 Å². The molecule has 5 heteroatoms. The Balaban J connectivity index is 2.93. The van der Waals surface area contributed by atoms with E-state index in [-0.39, 0.29) is 6.10 Å². The average Bonchev–Trinajstić information content (AvgIpc) is 2.01. The lowest BCUT2D eigenvalue weighted by atomic mass is 10.2. The second-order valence-corrected chi connectivity index (χ2v) is 8.92. The minimum absolute atomic E-state index is 0.163. The molecule has 90 valence electrons. The second kappa shape index (κ2) is 3.77. The van der Waals surface area contributed by atoms with Crippen LogP contribution in [0.2, 0.25) is 12.6 Å². The highest BCUT2D eigenvalue weighted by molar-refractivity contribution is 6.75. The van der Waals surface area contributed by atoms with E-state index in [4.69, 9.17) is 4.43 Å². The minimum Gasteiger partial charge on any atom is -0.407 e. The van der Waals surface area contributed by atoms with Crippen molar-refractivity contribution in [2.45, 2.75) is 63.5 Å². The second-order valence-electron chi connectivity index (χ2n) is 5.10. The average molecular weight is 240 g/mol. The predicted molar refractivity (Wildman–Crippen MR) is 56.3 cm³/mol. The van der Waals surface area contributed by atoms with Gasteiger partial charge in [0.05, 0.1) is 0 Å². The monoisotopic (exact) mass is 240 g/mol. The van der Waals surface area contributed by atoms with Crippen LogP contribution in [0.1, 0.15) is 33.6 Å². The van der Waals surface area contributed by atoms with Crippen LogP contribution in [-0.2, 0) is 4.43 Å². The Hall–Kier alpha value is -0.0331. The molecule has 1 heterocycles. The Bertz CT molecular complexity index is 239. The van der Waals surface area contributed by atoms with Crippen molar-refractivity contribution in [1.82, 2.24) is 0 Å². The Morgan fingerprint density at radius 2 is 1.80 bits per heavy atom. The molecule has 0 aliphatic carbocycles. The molecular weight excluding hydrogens is 221 g/mol. The minimum atomic E-state index is -3.32. The molecular formula is C10H19F3OSi. The normalized spacial score (nSPS) is 34.2. The molecule has 2 unspecified atom stereocenters. The Labute approximate surface area is 90.1 Å². The van der Waals surface area contributed by atoms with E-state index in [1.54, 1.807) is 6.92 Å². The topological polar surface area (TPSA) is 9.23 Å². The largest absolute Gasteiger partial charge is 0.407 e. The van der Waals surface area contributed by atoms with Crippen molar-refractivity contribution in [2.75, 3.05) is 0 Å². The van der Waals surface area contributed by atoms with Crippen molar-refractivity contribution >= 4 is 8.32 Å². The number of hydrogen-bond acceptors (Lipinski definition) is 1. The van der Waals surface area contributed by atoms with Gasteiger partial charge in [0, 0.05) is 6.10 Å². The third-order valence-electron chi connectivity index (χ3n) is 3.14. The summed E-state index contributed by atoms with van der Waals surface area (Å²) in [6, 6.07) is 0.345. The fourth-order valence-corrected chi connectivity index (χ4v) is 5.87. The van der Waals surface area contributed by atoms with Gasteiger partial charge in [0.15, 0.2) is 5.67 Å². The molecule has 0 aromatic heterocycles. The first kappa shape index (κ1) is 13.0. The molecule has 0 spiro atoms. The van der Waals surface area contributed by atoms with Crippen molar-refractivity contribution in [1.29, 1.82) is 0 Å². The maximum absolute atomic E-state index is 13.9. The molecule has 2 atom stereocenters. The van der Waals surface area contributed by atoms with Gasteiger partial charge in [0.2, 0.25) is 0 Å². The lowest BCUT2D eigenvalue weighted by Gasteiger charge is -2.44. The zero-order valence-corrected chi connectivity index (χ0v) is 10.7. The summed E-state index contributed by atoms with van der Waals surface area (Å²) >= 11 is 0. The van der Waals surface area contributed by atoms with E-state index in [1.165, 1.54) is 6.55 Å². The summed E-state index contributed by atoms with van der Waals surface area (Å²) in [4.78, 5) is 0. The molecule has 1 aliphatic rings. The van der Waals surface area contributed by atoms with Crippen molar-refractivity contribution < 1.29 is 17.6 Å². The summed E-state index contributed by atoms with van der Waals surface area (Å²) < 4.78 is 46.8. The fourth-order valence-electron chi connectivity index (χ4n) is 2.15. The Morgan fingerprint density at radius 1 is 1.27 bits per heavy atom. The van der Waals surface area contributed by atoms with Gasteiger partial charge in [-0.05, 0) is 39.8 Å². The fraction of sp³-hybridized carbons (Fsp3) is 1.00. The molecule has 1 aliphatic heterocycles. The van der Waals surface area contributed by atoms with E-state index in [9.17, 15) is 13.2 Å². The molecule has 15 heavy (non-hydrogen) atoms. The summed E-state index contributed by atoms with van der Waals surface area (Å²) in [5.41, 5.74) is -5.82. The number of hydrogen-bond donors (Lipinski definition) is 0. The van der Waals surface area contributed by atoms with Crippen LogP contribution >= 0.6 is 0 Å². The first-order valence-electron chi connectivity index (χ1n) is 5.35. The van der Waals surface area contributed by atoms with E-state index in [0.29, 0.717) is 6.04 Å². The molecule has 0 aromatic carbocycles. The SMILES string of the molecule is CC1CCC[Si](C)(C(F)(F)C(C)(C)F)O1. The van der Waals surface area contributed by atoms with E-state index in [2.05, 4.69) is 0 Å². The Kier molecular flexibility index (Phi) is 3.27. The highest BCUT2D eigenvalue weighted by Crippen LogP contribution is 2.45. The molecule has 1 saturated heterocycles. The van der Waals surface area contributed by atoms with Crippen LogP contribution in [0.5, 0.6) is 0 Å². The Morgan fingerprint density at radius 3 is 2.20 bits per heavy atom. The molecule has 0 saturated carbocycles. The predicted octanol–water partition coefficient (Wildman–Crippen LogP) is 3.68. The van der Waals surface area contributed by atoms with Gasteiger partial charge in [-0.25, -0.2) is 13.2 Å². The highest BCUT2D eigenvalue weighted by atomic mass is 28.4. The lowest BCUT2D eigenvalue weighted by Crippen LogP contribution is -2.64. The van der Waals surface area contributed by atoms with Crippen LogP contribution < -0.4 is 0 Å². The van der Waals surface area contributed by atoms with Gasteiger partial charge in [0.1, 0.15) is 0 Å². The van der Waals surface area contributed by atoms with Crippen LogP contribution in [0.25, 0.3) is 0 Å². The molecule has 1 rings (SSSR count). The third-order valence-corrected chi connectivity index (χ3v) is 7.29.